The van der Waals surface area contributed by atoms with Crippen molar-refractivity contribution in [3.63, 3.8) is 0 Å². The Labute approximate surface area is 138 Å². The summed E-state index contributed by atoms with van der Waals surface area (Å²) in [6.07, 6.45) is 4.44. The Balaban J connectivity index is 1.84. The van der Waals surface area contributed by atoms with Crippen LogP contribution in [0.15, 0.2) is 41.5 Å². The number of halogens is 1. The Kier molecular flexibility index (Phi) is 4.59. The van der Waals surface area contributed by atoms with Crippen molar-refractivity contribution >= 4 is 11.8 Å². The van der Waals surface area contributed by atoms with Crippen LogP contribution < -0.4 is 10.5 Å². The molecule has 1 fully saturated rings. The Bertz CT molecular complexity index is 788. The van der Waals surface area contributed by atoms with Gasteiger partial charge in [0.15, 0.2) is 5.82 Å². The van der Waals surface area contributed by atoms with Crippen LogP contribution in [0.3, 0.4) is 0 Å². The van der Waals surface area contributed by atoms with Gasteiger partial charge in [-0.15, -0.1) is 0 Å². The molecule has 1 atom stereocenters. The molecule has 1 aliphatic heterocycles. The van der Waals surface area contributed by atoms with Gasteiger partial charge in [0, 0.05) is 25.5 Å². The van der Waals surface area contributed by atoms with E-state index in [-0.39, 0.29) is 23.7 Å². The number of anilines is 1. The first-order valence-corrected chi connectivity index (χ1v) is 7.82. The third-order valence-corrected chi connectivity index (χ3v) is 4.23. The molecular weight excluding hydrogens is 313 g/mol. The van der Waals surface area contributed by atoms with Gasteiger partial charge in [-0.25, -0.2) is 9.37 Å². The molecule has 126 valence electrons. The highest BCUT2D eigenvalue weighted by Gasteiger charge is 2.27. The summed E-state index contributed by atoms with van der Waals surface area (Å²) in [5, 5.41) is 9.18. The Morgan fingerprint density at radius 1 is 1.33 bits per heavy atom. The molecule has 1 saturated heterocycles. The molecule has 0 aliphatic carbocycles. The predicted octanol–water partition coefficient (Wildman–Crippen LogP) is 1.73. The molecule has 6 nitrogen and oxygen atoms in total. The fourth-order valence-electron chi connectivity index (χ4n) is 2.93. The van der Waals surface area contributed by atoms with Gasteiger partial charge in [-0.05, 0) is 30.5 Å². The third-order valence-electron chi connectivity index (χ3n) is 4.23. The molecule has 2 heterocycles. The molecule has 2 aromatic rings. The van der Waals surface area contributed by atoms with Crippen LogP contribution in [0.4, 0.5) is 10.2 Å². The summed E-state index contributed by atoms with van der Waals surface area (Å²) in [6, 6.07) is 5.96. The number of hydrogen-bond donors (Lipinski definition) is 1. The van der Waals surface area contributed by atoms with E-state index in [4.69, 9.17) is 0 Å². The summed E-state index contributed by atoms with van der Waals surface area (Å²) >= 11 is 0. The average Bonchev–Trinajstić information content (AvgIpc) is 2.59. The molecular formula is C17H18FN3O3. The molecule has 1 N–H and O–H groups in total. The number of carboxylic acids is 1. The molecule has 1 unspecified atom stereocenters. The summed E-state index contributed by atoms with van der Waals surface area (Å²) in [6.45, 7) is 1.22. The van der Waals surface area contributed by atoms with E-state index in [2.05, 4.69) is 4.98 Å². The van der Waals surface area contributed by atoms with Crippen LogP contribution in [0.2, 0.25) is 0 Å². The highest BCUT2D eigenvalue weighted by atomic mass is 19.1. The van der Waals surface area contributed by atoms with E-state index >= 15 is 0 Å². The fraction of sp³-hybridized carbons (Fsp3) is 0.353. The van der Waals surface area contributed by atoms with Crippen LogP contribution in [0.5, 0.6) is 0 Å². The summed E-state index contributed by atoms with van der Waals surface area (Å²) in [5.74, 6) is -1.38. The molecule has 3 rings (SSSR count). The zero-order valence-corrected chi connectivity index (χ0v) is 13.1. The predicted molar refractivity (Wildman–Crippen MR) is 86.6 cm³/mol. The number of piperidine rings is 1. The molecule has 1 aliphatic rings. The van der Waals surface area contributed by atoms with Crippen LogP contribution in [0.25, 0.3) is 0 Å². The minimum absolute atomic E-state index is 0.269. The topological polar surface area (TPSA) is 75.4 Å². The van der Waals surface area contributed by atoms with E-state index < -0.39 is 11.9 Å². The van der Waals surface area contributed by atoms with Gasteiger partial charge >= 0.3 is 5.97 Å². The Morgan fingerprint density at radius 2 is 2.08 bits per heavy atom. The van der Waals surface area contributed by atoms with Crippen molar-refractivity contribution in [3.05, 3.63) is 58.4 Å². The highest BCUT2D eigenvalue weighted by Crippen LogP contribution is 2.19. The lowest BCUT2D eigenvalue weighted by Crippen LogP contribution is -2.42. The monoisotopic (exact) mass is 331 g/mol. The number of aliphatic carboxylic acids is 1. The number of benzene rings is 1. The number of aromatic nitrogens is 2. The van der Waals surface area contributed by atoms with E-state index in [0.717, 1.165) is 5.56 Å². The highest BCUT2D eigenvalue weighted by molar-refractivity contribution is 5.71. The fourth-order valence-corrected chi connectivity index (χ4v) is 2.93. The molecule has 1 aromatic heterocycles. The molecule has 0 saturated carbocycles. The van der Waals surface area contributed by atoms with Crippen molar-refractivity contribution in [2.75, 3.05) is 18.0 Å². The van der Waals surface area contributed by atoms with E-state index in [0.29, 0.717) is 25.9 Å². The number of carboxylic acid groups (broad SMARTS) is 1. The third kappa shape index (κ3) is 3.45. The van der Waals surface area contributed by atoms with Crippen molar-refractivity contribution in [1.82, 2.24) is 9.55 Å². The molecule has 24 heavy (non-hydrogen) atoms. The normalized spacial score (nSPS) is 17.7. The van der Waals surface area contributed by atoms with Gasteiger partial charge in [0.1, 0.15) is 5.82 Å². The first-order chi connectivity index (χ1) is 11.5. The van der Waals surface area contributed by atoms with E-state index in [9.17, 15) is 19.1 Å². The van der Waals surface area contributed by atoms with Crippen LogP contribution in [0.1, 0.15) is 18.4 Å². The Hall–Kier alpha value is -2.70. The van der Waals surface area contributed by atoms with Gasteiger partial charge in [0.05, 0.1) is 12.5 Å². The second-order valence-electron chi connectivity index (χ2n) is 5.93. The molecule has 0 spiro atoms. The summed E-state index contributed by atoms with van der Waals surface area (Å²) < 4.78 is 14.5. The van der Waals surface area contributed by atoms with E-state index in [1.807, 2.05) is 0 Å². The number of hydrogen-bond acceptors (Lipinski definition) is 4. The number of rotatable bonds is 4. The lowest BCUT2D eigenvalue weighted by atomic mass is 9.98. The van der Waals surface area contributed by atoms with Crippen LogP contribution in [0, 0.1) is 11.7 Å². The minimum Gasteiger partial charge on any atom is -0.481 e. The van der Waals surface area contributed by atoms with Gasteiger partial charge in [0.2, 0.25) is 0 Å². The average molecular weight is 331 g/mol. The Morgan fingerprint density at radius 3 is 2.79 bits per heavy atom. The first kappa shape index (κ1) is 16.2. The van der Waals surface area contributed by atoms with Crippen LogP contribution in [-0.2, 0) is 11.3 Å². The van der Waals surface area contributed by atoms with Crippen molar-refractivity contribution in [1.29, 1.82) is 0 Å². The second-order valence-corrected chi connectivity index (χ2v) is 5.93. The largest absolute Gasteiger partial charge is 0.481 e. The lowest BCUT2D eigenvalue weighted by Gasteiger charge is -2.31. The summed E-state index contributed by atoms with van der Waals surface area (Å²) in [7, 11) is 0. The zero-order chi connectivity index (χ0) is 17.1. The van der Waals surface area contributed by atoms with Gasteiger partial charge in [-0.1, -0.05) is 12.1 Å². The van der Waals surface area contributed by atoms with Gasteiger partial charge in [-0.2, -0.15) is 0 Å². The van der Waals surface area contributed by atoms with E-state index in [1.54, 1.807) is 23.2 Å². The lowest BCUT2D eigenvalue weighted by molar-refractivity contribution is -0.141. The second kappa shape index (κ2) is 6.82. The van der Waals surface area contributed by atoms with Gasteiger partial charge < -0.3 is 14.6 Å². The minimum atomic E-state index is -0.845. The maximum Gasteiger partial charge on any atom is 0.308 e. The zero-order valence-electron chi connectivity index (χ0n) is 13.1. The van der Waals surface area contributed by atoms with Crippen molar-refractivity contribution < 1.29 is 14.3 Å². The van der Waals surface area contributed by atoms with Gasteiger partial charge in [-0.3, -0.25) is 9.59 Å². The molecule has 0 radical (unpaired) electrons. The van der Waals surface area contributed by atoms with Crippen molar-refractivity contribution in [2.45, 2.75) is 19.4 Å². The van der Waals surface area contributed by atoms with Crippen molar-refractivity contribution in [2.24, 2.45) is 5.92 Å². The van der Waals surface area contributed by atoms with Crippen molar-refractivity contribution in [3.8, 4) is 0 Å². The SMILES string of the molecule is O=C(O)C1CCCN(c2nccn(Cc3ccc(F)cc3)c2=O)C1. The van der Waals surface area contributed by atoms with Crippen LogP contribution in [-0.4, -0.2) is 33.7 Å². The van der Waals surface area contributed by atoms with Gasteiger partial charge in [0.25, 0.3) is 5.56 Å². The molecule has 0 bridgehead atoms. The maximum atomic E-state index is 13.0. The molecule has 1 aromatic carbocycles. The number of carbonyl (C=O) groups is 1. The molecule has 7 heteroatoms. The number of nitrogens with zero attached hydrogens (tertiary/aromatic N) is 3. The summed E-state index contributed by atoms with van der Waals surface area (Å²) in [5.41, 5.74) is 0.533. The maximum absolute atomic E-state index is 13.0. The van der Waals surface area contributed by atoms with E-state index in [1.165, 1.54) is 22.9 Å². The summed E-state index contributed by atoms with van der Waals surface area (Å²) in [4.78, 5) is 29.7. The quantitative estimate of drug-likeness (QED) is 0.923. The van der Waals surface area contributed by atoms with Crippen LogP contribution >= 0.6 is 0 Å². The first-order valence-electron chi connectivity index (χ1n) is 7.82. The standard InChI is InChI=1S/C17H18FN3O3/c18-14-5-3-12(4-6-14)10-21-9-7-19-15(16(21)22)20-8-1-2-13(11-20)17(23)24/h3-7,9,13H,1-2,8,10-11H2,(H,23,24). The smallest absolute Gasteiger partial charge is 0.308 e. The molecule has 0 amide bonds.